The average molecular weight is 584 g/mol. The Morgan fingerprint density at radius 2 is 1.70 bits per heavy atom. The molecule has 0 saturated carbocycles. The summed E-state index contributed by atoms with van der Waals surface area (Å²) in [6.07, 6.45) is -1.72. The van der Waals surface area contributed by atoms with Crippen LogP contribution in [0.15, 0.2) is 36.9 Å². The topological polar surface area (TPSA) is 144 Å². The fraction of sp³-hybridized carbons (Fsp3) is 0.522. The lowest BCUT2D eigenvalue weighted by atomic mass is 9.76. The van der Waals surface area contributed by atoms with Gasteiger partial charge in [-0.15, -0.1) is 0 Å². The molecule has 0 amide bonds. The molecule has 222 valence electrons. The number of methoxy groups -OCH3 is 1. The first-order chi connectivity index (χ1) is 18.6. The van der Waals surface area contributed by atoms with Crippen LogP contribution in [0.3, 0.4) is 0 Å². The van der Waals surface area contributed by atoms with Crippen LogP contribution < -0.4 is 14.4 Å². The average Bonchev–Trinajstić information content (AvgIpc) is 3.30. The summed E-state index contributed by atoms with van der Waals surface area (Å²) in [5, 5.41) is 14.2. The zero-order valence-electron chi connectivity index (χ0n) is 21.0. The number of carboxylic acids is 2. The number of anilines is 1. The largest absolute Gasteiger partial charge is 0.490 e. The smallest absolute Gasteiger partial charge is 0.489 e. The summed E-state index contributed by atoms with van der Waals surface area (Å²) in [6.45, 7) is 3.34. The van der Waals surface area contributed by atoms with E-state index >= 15 is 0 Å². The van der Waals surface area contributed by atoms with E-state index in [2.05, 4.69) is 19.9 Å². The van der Waals surface area contributed by atoms with E-state index in [1.807, 2.05) is 18.2 Å². The molecule has 2 aromatic rings. The molecular formula is C23H26F6N4O7. The van der Waals surface area contributed by atoms with Gasteiger partial charge in [-0.1, -0.05) is 0 Å². The van der Waals surface area contributed by atoms with Crippen molar-refractivity contribution in [3.8, 4) is 11.6 Å². The number of carbonyl (C=O) groups is 2. The summed E-state index contributed by atoms with van der Waals surface area (Å²) < 4.78 is 80.5. The van der Waals surface area contributed by atoms with Crippen molar-refractivity contribution in [1.82, 2.24) is 15.0 Å². The van der Waals surface area contributed by atoms with E-state index < -0.39 is 24.3 Å². The van der Waals surface area contributed by atoms with Gasteiger partial charge in [-0.3, -0.25) is 4.98 Å². The maximum atomic E-state index is 10.6. The minimum absolute atomic E-state index is 0.154. The molecule has 40 heavy (non-hydrogen) atoms. The van der Waals surface area contributed by atoms with Crippen molar-refractivity contribution in [3.05, 3.63) is 36.9 Å². The first kappa shape index (κ1) is 32.3. The molecule has 1 spiro atoms. The number of carboxylic acid groups (broad SMARTS) is 2. The molecule has 0 bridgehead atoms. The Labute approximate surface area is 223 Å². The van der Waals surface area contributed by atoms with Crippen molar-refractivity contribution in [2.24, 2.45) is 5.41 Å². The van der Waals surface area contributed by atoms with Crippen LogP contribution in [-0.4, -0.2) is 89.0 Å². The number of ether oxygens (including phenoxy) is 3. The molecule has 0 aliphatic carbocycles. The molecule has 2 fully saturated rings. The lowest BCUT2D eigenvalue weighted by Gasteiger charge is -2.39. The second kappa shape index (κ2) is 14.0. The number of pyridine rings is 1. The zero-order chi connectivity index (χ0) is 30.0. The Balaban J connectivity index is 0.000000333. The standard InChI is InChI=1S/C19H24N4O3.2C2HF3O2/c1-24-18-9-17(21-14-22-18)23-7-4-19(5-8-23)10-16(26-13-19)12-25-15-3-2-6-20-11-15;2*3-2(4,5)1(6)7/h2-3,6,9,11,14,16H,4-5,7-8,10,12-13H2,1H3;2*(H,6,7). The summed E-state index contributed by atoms with van der Waals surface area (Å²) in [4.78, 5) is 32.6. The van der Waals surface area contributed by atoms with Crippen LogP contribution >= 0.6 is 0 Å². The number of halogens is 6. The molecule has 0 aromatic carbocycles. The molecule has 2 aliphatic heterocycles. The Kier molecular flexibility index (Phi) is 11.3. The summed E-state index contributed by atoms with van der Waals surface area (Å²) in [5.74, 6) is -3.18. The van der Waals surface area contributed by atoms with Gasteiger partial charge in [-0.2, -0.15) is 26.3 Å². The second-order valence-electron chi connectivity index (χ2n) is 8.65. The van der Waals surface area contributed by atoms with Crippen LogP contribution in [-0.2, 0) is 14.3 Å². The lowest BCUT2D eigenvalue weighted by Crippen LogP contribution is -2.41. The number of nitrogens with zero attached hydrogens (tertiary/aromatic N) is 4. The number of aromatic nitrogens is 3. The molecule has 2 N–H and O–H groups in total. The van der Waals surface area contributed by atoms with Gasteiger partial charge < -0.3 is 29.3 Å². The van der Waals surface area contributed by atoms with E-state index in [0.717, 1.165) is 50.5 Å². The first-order valence-corrected chi connectivity index (χ1v) is 11.5. The van der Waals surface area contributed by atoms with Crippen molar-refractivity contribution in [3.63, 3.8) is 0 Å². The molecule has 4 rings (SSSR count). The van der Waals surface area contributed by atoms with Crippen molar-refractivity contribution < 1.29 is 60.4 Å². The van der Waals surface area contributed by atoms with Crippen molar-refractivity contribution >= 4 is 17.8 Å². The van der Waals surface area contributed by atoms with Gasteiger partial charge >= 0.3 is 24.3 Å². The van der Waals surface area contributed by atoms with Crippen LogP contribution in [0.5, 0.6) is 11.6 Å². The fourth-order valence-corrected chi connectivity index (χ4v) is 3.80. The van der Waals surface area contributed by atoms with Gasteiger partial charge in [0, 0.05) is 25.4 Å². The number of hydrogen-bond acceptors (Lipinski definition) is 9. The second-order valence-corrected chi connectivity index (χ2v) is 8.65. The van der Waals surface area contributed by atoms with Gasteiger partial charge in [0.05, 0.1) is 26.0 Å². The van der Waals surface area contributed by atoms with Gasteiger partial charge in [0.25, 0.3) is 0 Å². The number of alkyl halides is 6. The highest BCUT2D eigenvalue weighted by molar-refractivity contribution is 5.73. The Morgan fingerprint density at radius 1 is 1.10 bits per heavy atom. The van der Waals surface area contributed by atoms with Crippen LogP contribution in [0.4, 0.5) is 32.2 Å². The summed E-state index contributed by atoms with van der Waals surface area (Å²) in [5.41, 5.74) is 0.260. The van der Waals surface area contributed by atoms with E-state index in [9.17, 15) is 26.3 Å². The van der Waals surface area contributed by atoms with Gasteiger partial charge in [0.15, 0.2) is 0 Å². The van der Waals surface area contributed by atoms with E-state index in [4.69, 9.17) is 34.0 Å². The minimum atomic E-state index is -5.08. The van der Waals surface area contributed by atoms with E-state index in [1.54, 1.807) is 25.8 Å². The fourth-order valence-electron chi connectivity index (χ4n) is 3.80. The van der Waals surface area contributed by atoms with Crippen molar-refractivity contribution in [1.29, 1.82) is 0 Å². The Bertz CT molecular complexity index is 1070. The maximum absolute atomic E-state index is 10.6. The quantitative estimate of drug-likeness (QED) is 0.498. The summed E-state index contributed by atoms with van der Waals surface area (Å²) in [7, 11) is 1.63. The normalized spacial score (nSPS) is 18.1. The van der Waals surface area contributed by atoms with E-state index in [0.29, 0.717) is 12.5 Å². The van der Waals surface area contributed by atoms with Crippen molar-refractivity contribution in [2.45, 2.75) is 37.7 Å². The van der Waals surface area contributed by atoms with Crippen LogP contribution in [0.25, 0.3) is 0 Å². The molecule has 17 heteroatoms. The number of hydrogen-bond donors (Lipinski definition) is 2. The van der Waals surface area contributed by atoms with Crippen molar-refractivity contribution in [2.75, 3.05) is 38.3 Å². The molecular weight excluding hydrogens is 558 g/mol. The Hall–Kier alpha value is -3.89. The van der Waals surface area contributed by atoms with E-state index in [1.165, 1.54) is 0 Å². The highest BCUT2D eigenvalue weighted by Crippen LogP contribution is 2.42. The number of aliphatic carboxylic acids is 2. The third-order valence-corrected chi connectivity index (χ3v) is 5.83. The van der Waals surface area contributed by atoms with Crippen LogP contribution in [0.1, 0.15) is 19.3 Å². The molecule has 0 radical (unpaired) electrons. The third kappa shape index (κ3) is 10.3. The maximum Gasteiger partial charge on any atom is 0.490 e. The third-order valence-electron chi connectivity index (χ3n) is 5.83. The predicted octanol–water partition coefficient (Wildman–Crippen LogP) is 3.60. The van der Waals surface area contributed by atoms with E-state index in [-0.39, 0.29) is 11.5 Å². The molecule has 11 nitrogen and oxygen atoms in total. The van der Waals surface area contributed by atoms with Gasteiger partial charge in [0.1, 0.15) is 24.5 Å². The number of rotatable bonds is 5. The van der Waals surface area contributed by atoms with Gasteiger partial charge in [-0.25, -0.2) is 19.6 Å². The highest BCUT2D eigenvalue weighted by Gasteiger charge is 2.43. The number of piperidine rings is 1. The van der Waals surface area contributed by atoms with Crippen LogP contribution in [0, 0.1) is 5.41 Å². The molecule has 1 unspecified atom stereocenters. The van der Waals surface area contributed by atoms with Gasteiger partial charge in [-0.05, 0) is 36.8 Å². The molecule has 2 aromatic heterocycles. The molecule has 1 atom stereocenters. The molecule has 2 saturated heterocycles. The first-order valence-electron chi connectivity index (χ1n) is 11.5. The van der Waals surface area contributed by atoms with Crippen LogP contribution in [0.2, 0.25) is 0 Å². The zero-order valence-corrected chi connectivity index (χ0v) is 21.0. The summed E-state index contributed by atoms with van der Waals surface area (Å²) >= 11 is 0. The summed E-state index contributed by atoms with van der Waals surface area (Å²) in [6, 6.07) is 5.70. The predicted molar refractivity (Wildman–Crippen MR) is 124 cm³/mol. The van der Waals surface area contributed by atoms with Gasteiger partial charge in [0.2, 0.25) is 5.88 Å². The lowest BCUT2D eigenvalue weighted by molar-refractivity contribution is -0.193. The monoisotopic (exact) mass is 584 g/mol. The minimum Gasteiger partial charge on any atom is -0.489 e. The SMILES string of the molecule is COc1cc(N2CCC3(CC2)COC(COc2cccnc2)C3)ncn1.O=C(O)C(F)(F)F.O=C(O)C(F)(F)F. The highest BCUT2D eigenvalue weighted by atomic mass is 19.4. The Morgan fingerprint density at radius 3 is 2.20 bits per heavy atom. The molecule has 4 heterocycles. The molecule has 2 aliphatic rings.